The van der Waals surface area contributed by atoms with Crippen LogP contribution in [0.5, 0.6) is 0 Å². The maximum absolute atomic E-state index is 13.3. The lowest BCUT2D eigenvalue weighted by atomic mass is 10.1. The van der Waals surface area contributed by atoms with Crippen LogP contribution in [0.3, 0.4) is 0 Å². The number of halogens is 3. The number of hydrogen-bond acceptors (Lipinski definition) is 3. The van der Waals surface area contributed by atoms with Crippen molar-refractivity contribution in [1.82, 2.24) is 5.32 Å². The fraction of sp³-hybridized carbons (Fsp3) is 0.455. The van der Waals surface area contributed by atoms with Crippen molar-refractivity contribution in [1.29, 1.82) is 0 Å². The zero-order chi connectivity index (χ0) is 14.6. The Bertz CT molecular complexity index is 552. The molecule has 1 aromatic rings. The van der Waals surface area contributed by atoms with Crippen molar-refractivity contribution in [2.24, 2.45) is 5.14 Å². The number of hydrogen-bond donors (Lipinski definition) is 2. The van der Waals surface area contributed by atoms with Crippen LogP contribution in [0.15, 0.2) is 12.1 Å². The Hall–Kier alpha value is -0.400. The third-order valence-electron chi connectivity index (χ3n) is 2.57. The smallest absolute Gasteiger partial charge is 0.209 e. The van der Waals surface area contributed by atoms with Gasteiger partial charge in [0.05, 0.1) is 10.8 Å². The summed E-state index contributed by atoms with van der Waals surface area (Å²) >= 11 is 11.8. The van der Waals surface area contributed by atoms with Crippen molar-refractivity contribution >= 4 is 33.2 Å². The Morgan fingerprint density at radius 3 is 2.63 bits per heavy atom. The lowest BCUT2D eigenvalue weighted by molar-refractivity contribution is 0.555. The van der Waals surface area contributed by atoms with E-state index >= 15 is 0 Å². The zero-order valence-corrected chi connectivity index (χ0v) is 12.6. The number of nitrogens with two attached hydrogens (primary N) is 1. The summed E-state index contributed by atoms with van der Waals surface area (Å²) in [5, 5.41) is 8.24. The van der Waals surface area contributed by atoms with Gasteiger partial charge in [-0.1, -0.05) is 23.2 Å². The number of benzene rings is 1. The van der Waals surface area contributed by atoms with Crippen LogP contribution in [0, 0.1) is 5.82 Å². The molecule has 19 heavy (non-hydrogen) atoms. The van der Waals surface area contributed by atoms with Crippen molar-refractivity contribution in [2.75, 3.05) is 12.3 Å². The molecule has 0 heterocycles. The summed E-state index contributed by atoms with van der Waals surface area (Å²) in [4.78, 5) is 0. The van der Waals surface area contributed by atoms with Gasteiger partial charge in [0.1, 0.15) is 5.82 Å². The fourth-order valence-corrected chi connectivity index (χ4v) is 2.88. The Balaban J connectivity index is 2.64. The molecule has 0 saturated heterocycles. The van der Waals surface area contributed by atoms with Gasteiger partial charge in [0.25, 0.3) is 0 Å². The van der Waals surface area contributed by atoms with Gasteiger partial charge in [0, 0.05) is 16.6 Å². The minimum atomic E-state index is -3.46. The summed E-state index contributed by atoms with van der Waals surface area (Å²) in [5.41, 5.74) is 0.457. The van der Waals surface area contributed by atoms with E-state index in [2.05, 4.69) is 5.32 Å². The molecule has 0 radical (unpaired) electrons. The minimum absolute atomic E-state index is 0.0288. The van der Waals surface area contributed by atoms with Crippen LogP contribution in [0.25, 0.3) is 0 Å². The Morgan fingerprint density at radius 1 is 1.42 bits per heavy atom. The van der Waals surface area contributed by atoms with Gasteiger partial charge in [0.15, 0.2) is 0 Å². The van der Waals surface area contributed by atoms with Crippen molar-refractivity contribution < 1.29 is 12.8 Å². The van der Waals surface area contributed by atoms with E-state index in [1.165, 1.54) is 12.1 Å². The molecule has 8 heteroatoms. The highest BCUT2D eigenvalue weighted by Crippen LogP contribution is 2.32. The van der Waals surface area contributed by atoms with Gasteiger partial charge in [-0.05, 0) is 32.0 Å². The highest BCUT2D eigenvalue weighted by Gasteiger charge is 2.16. The number of rotatable bonds is 6. The summed E-state index contributed by atoms with van der Waals surface area (Å²) in [6, 6.07) is 2.33. The van der Waals surface area contributed by atoms with E-state index < -0.39 is 15.8 Å². The molecule has 0 spiro atoms. The summed E-state index contributed by atoms with van der Waals surface area (Å²) < 4.78 is 34.9. The van der Waals surface area contributed by atoms with E-state index in [-0.39, 0.29) is 16.8 Å². The van der Waals surface area contributed by atoms with Crippen LogP contribution in [-0.2, 0) is 10.0 Å². The lowest BCUT2D eigenvalue weighted by Crippen LogP contribution is -2.24. The normalized spacial score (nSPS) is 13.5. The molecule has 0 fully saturated rings. The Morgan fingerprint density at radius 2 is 2.05 bits per heavy atom. The van der Waals surface area contributed by atoms with Gasteiger partial charge >= 0.3 is 0 Å². The molecule has 1 aromatic carbocycles. The first-order chi connectivity index (χ1) is 8.72. The average molecular weight is 329 g/mol. The standard InChI is InChI=1S/C11H15Cl2FN2O2S/c1-7(16-5-2-6-19(15,17)18)10-8(12)3-4-9(14)11(10)13/h3-4,7,16H,2,5-6H2,1H3,(H2,15,17,18). The van der Waals surface area contributed by atoms with Gasteiger partial charge in [-0.2, -0.15) is 0 Å². The molecule has 0 aliphatic rings. The molecular formula is C11H15Cl2FN2O2S. The fourth-order valence-electron chi connectivity index (χ4n) is 1.63. The molecule has 0 bridgehead atoms. The molecular weight excluding hydrogens is 314 g/mol. The van der Waals surface area contributed by atoms with Gasteiger partial charge in [-0.15, -0.1) is 0 Å². The van der Waals surface area contributed by atoms with Crippen LogP contribution < -0.4 is 10.5 Å². The second-order valence-electron chi connectivity index (χ2n) is 4.15. The molecule has 4 nitrogen and oxygen atoms in total. The van der Waals surface area contributed by atoms with E-state index in [0.717, 1.165) is 0 Å². The first kappa shape index (κ1) is 16.7. The SMILES string of the molecule is CC(NCCCS(N)(=O)=O)c1c(Cl)ccc(F)c1Cl. The second-order valence-corrected chi connectivity index (χ2v) is 6.67. The Kier molecular flexibility index (Phi) is 6.01. The third-order valence-corrected chi connectivity index (χ3v) is 4.14. The predicted molar refractivity (Wildman–Crippen MR) is 75.4 cm³/mol. The van der Waals surface area contributed by atoms with E-state index in [4.69, 9.17) is 28.3 Å². The number of nitrogens with one attached hydrogen (secondary N) is 1. The number of sulfonamides is 1. The summed E-state index contributed by atoms with van der Waals surface area (Å²) in [6.45, 7) is 2.17. The third kappa shape index (κ3) is 5.24. The monoisotopic (exact) mass is 328 g/mol. The summed E-state index contributed by atoms with van der Waals surface area (Å²) in [5.74, 6) is -0.656. The molecule has 3 N–H and O–H groups in total. The van der Waals surface area contributed by atoms with Gasteiger partial charge < -0.3 is 5.32 Å². The van der Waals surface area contributed by atoms with E-state index in [1.54, 1.807) is 6.92 Å². The minimum Gasteiger partial charge on any atom is -0.310 e. The molecule has 108 valence electrons. The first-order valence-electron chi connectivity index (χ1n) is 5.59. The molecule has 0 saturated carbocycles. The largest absolute Gasteiger partial charge is 0.310 e. The maximum Gasteiger partial charge on any atom is 0.209 e. The molecule has 1 unspecified atom stereocenters. The van der Waals surface area contributed by atoms with Crippen LogP contribution in [-0.4, -0.2) is 20.7 Å². The summed E-state index contributed by atoms with van der Waals surface area (Å²) in [6.07, 6.45) is 0.355. The predicted octanol–water partition coefficient (Wildman–Crippen LogP) is 2.46. The van der Waals surface area contributed by atoms with Gasteiger partial charge in [-0.25, -0.2) is 17.9 Å². The van der Waals surface area contributed by atoms with Crippen molar-refractivity contribution in [3.8, 4) is 0 Å². The molecule has 0 aromatic heterocycles. The highest BCUT2D eigenvalue weighted by molar-refractivity contribution is 7.89. The topological polar surface area (TPSA) is 72.2 Å². The lowest BCUT2D eigenvalue weighted by Gasteiger charge is -2.17. The highest BCUT2D eigenvalue weighted by atomic mass is 35.5. The summed E-state index contributed by atoms with van der Waals surface area (Å²) in [7, 11) is -3.46. The van der Waals surface area contributed by atoms with Crippen LogP contribution in [0.4, 0.5) is 4.39 Å². The van der Waals surface area contributed by atoms with Crippen molar-refractivity contribution in [3.63, 3.8) is 0 Å². The average Bonchev–Trinajstić information content (AvgIpc) is 2.29. The molecule has 0 amide bonds. The molecule has 1 rings (SSSR count). The second kappa shape index (κ2) is 6.85. The van der Waals surface area contributed by atoms with E-state index in [0.29, 0.717) is 23.6 Å². The van der Waals surface area contributed by atoms with Gasteiger partial charge in [0.2, 0.25) is 10.0 Å². The van der Waals surface area contributed by atoms with Crippen molar-refractivity contribution in [2.45, 2.75) is 19.4 Å². The number of primary sulfonamides is 1. The quantitative estimate of drug-likeness (QED) is 0.622. The molecule has 0 aliphatic heterocycles. The van der Waals surface area contributed by atoms with Gasteiger partial charge in [-0.3, -0.25) is 0 Å². The van der Waals surface area contributed by atoms with E-state index in [1.807, 2.05) is 0 Å². The Labute approximate surface area is 122 Å². The van der Waals surface area contributed by atoms with Crippen LogP contribution >= 0.6 is 23.2 Å². The zero-order valence-electron chi connectivity index (χ0n) is 10.3. The van der Waals surface area contributed by atoms with Crippen LogP contribution in [0.1, 0.15) is 24.9 Å². The first-order valence-corrected chi connectivity index (χ1v) is 8.06. The van der Waals surface area contributed by atoms with Crippen LogP contribution in [0.2, 0.25) is 10.0 Å². The molecule has 1 atom stereocenters. The van der Waals surface area contributed by atoms with E-state index in [9.17, 15) is 12.8 Å². The molecule has 0 aliphatic carbocycles. The van der Waals surface area contributed by atoms with Crippen molar-refractivity contribution in [3.05, 3.63) is 33.6 Å². The maximum atomic E-state index is 13.3.